The van der Waals surface area contributed by atoms with E-state index in [1.807, 2.05) is 0 Å². The first-order valence-electron chi connectivity index (χ1n) is 9.47. The number of nitrogens with zero attached hydrogens (tertiary/aromatic N) is 2. The molecule has 1 aromatic heterocycles. The summed E-state index contributed by atoms with van der Waals surface area (Å²) in [5, 5.41) is 0. The van der Waals surface area contributed by atoms with Gasteiger partial charge in [0.15, 0.2) is 5.76 Å². The number of ether oxygens (including phenoxy) is 1. The Kier molecular flexibility index (Phi) is 4.83. The van der Waals surface area contributed by atoms with Gasteiger partial charge in [-0.05, 0) is 49.6 Å². The maximum absolute atomic E-state index is 14.2. The van der Waals surface area contributed by atoms with E-state index in [1.165, 1.54) is 19.4 Å². The molecule has 2 aromatic rings. The molecule has 0 bridgehead atoms. The van der Waals surface area contributed by atoms with Crippen molar-refractivity contribution in [3.8, 4) is 5.75 Å². The predicted molar refractivity (Wildman–Crippen MR) is 99.3 cm³/mol. The molecule has 4 rings (SSSR count). The molecule has 2 fully saturated rings. The number of benzene rings is 1. The molecule has 148 valence electrons. The van der Waals surface area contributed by atoms with Crippen molar-refractivity contribution in [3.63, 3.8) is 0 Å². The van der Waals surface area contributed by atoms with Gasteiger partial charge < -0.3 is 19.0 Å². The monoisotopic (exact) mass is 386 g/mol. The van der Waals surface area contributed by atoms with Crippen LogP contribution in [0, 0.1) is 11.2 Å². The second-order valence-electron chi connectivity index (χ2n) is 7.52. The van der Waals surface area contributed by atoms with Crippen LogP contribution in [-0.4, -0.2) is 48.4 Å². The van der Waals surface area contributed by atoms with Crippen LogP contribution in [0.15, 0.2) is 41.0 Å². The van der Waals surface area contributed by atoms with Crippen molar-refractivity contribution in [1.82, 2.24) is 9.80 Å². The number of rotatable bonds is 4. The summed E-state index contributed by atoms with van der Waals surface area (Å²) < 4.78 is 24.6. The molecule has 28 heavy (non-hydrogen) atoms. The second kappa shape index (κ2) is 7.30. The van der Waals surface area contributed by atoms with Crippen LogP contribution in [0.25, 0.3) is 0 Å². The van der Waals surface area contributed by atoms with Gasteiger partial charge in [-0.1, -0.05) is 0 Å². The van der Waals surface area contributed by atoms with E-state index in [1.54, 1.807) is 34.1 Å². The van der Waals surface area contributed by atoms with Crippen molar-refractivity contribution >= 4 is 11.8 Å². The number of methoxy groups -OCH3 is 1. The molecule has 0 aliphatic carbocycles. The van der Waals surface area contributed by atoms with Crippen molar-refractivity contribution in [2.24, 2.45) is 5.41 Å². The molecule has 3 heterocycles. The van der Waals surface area contributed by atoms with E-state index >= 15 is 0 Å². The molecule has 2 aliphatic rings. The average Bonchev–Trinajstić information content (AvgIpc) is 3.38. The minimum absolute atomic E-state index is 0.00397. The Labute approximate surface area is 162 Å². The first-order chi connectivity index (χ1) is 13.5. The van der Waals surface area contributed by atoms with Crippen LogP contribution in [0.1, 0.15) is 35.4 Å². The standard InChI is InChI=1S/C21H23FN2O4/c1-27-16-5-6-17(22)15(12-16)13-23-9-3-7-21(20(23)26)8-10-24(14-21)19(25)18-4-2-11-28-18/h2,4-6,11-12H,3,7-10,13-14H2,1H3/t21-/m1/s1. The maximum atomic E-state index is 14.2. The van der Waals surface area contributed by atoms with Crippen molar-refractivity contribution < 1.29 is 23.1 Å². The van der Waals surface area contributed by atoms with Crippen LogP contribution < -0.4 is 4.74 Å². The molecular weight excluding hydrogens is 363 g/mol. The molecule has 1 atom stereocenters. The summed E-state index contributed by atoms with van der Waals surface area (Å²) in [7, 11) is 1.53. The Bertz CT molecular complexity index is 883. The molecule has 2 aliphatic heterocycles. The Morgan fingerprint density at radius 2 is 2.14 bits per heavy atom. The van der Waals surface area contributed by atoms with Gasteiger partial charge in [-0.15, -0.1) is 0 Å². The Morgan fingerprint density at radius 1 is 1.29 bits per heavy atom. The Balaban J connectivity index is 1.50. The SMILES string of the molecule is COc1ccc(F)c(CN2CCC[C@]3(CCN(C(=O)c4ccco4)C3)C2=O)c1. The van der Waals surface area contributed by atoms with Gasteiger partial charge in [0.25, 0.3) is 5.91 Å². The highest BCUT2D eigenvalue weighted by atomic mass is 19.1. The summed E-state index contributed by atoms with van der Waals surface area (Å²) in [5.74, 6) is 0.304. The summed E-state index contributed by atoms with van der Waals surface area (Å²) in [6.07, 6.45) is 3.66. The topological polar surface area (TPSA) is 63.0 Å². The van der Waals surface area contributed by atoms with Gasteiger partial charge in [0.05, 0.1) is 18.8 Å². The van der Waals surface area contributed by atoms with Crippen molar-refractivity contribution in [1.29, 1.82) is 0 Å². The number of likely N-dealkylation sites (tertiary alicyclic amines) is 2. The van der Waals surface area contributed by atoms with E-state index in [2.05, 4.69) is 0 Å². The number of halogens is 1. The van der Waals surface area contributed by atoms with Crippen molar-refractivity contribution in [2.45, 2.75) is 25.8 Å². The van der Waals surface area contributed by atoms with E-state index in [9.17, 15) is 14.0 Å². The lowest BCUT2D eigenvalue weighted by molar-refractivity contribution is -0.146. The molecule has 0 radical (unpaired) electrons. The number of amides is 2. The Morgan fingerprint density at radius 3 is 2.89 bits per heavy atom. The van der Waals surface area contributed by atoms with Crippen LogP contribution in [0.3, 0.4) is 0 Å². The lowest BCUT2D eigenvalue weighted by atomic mass is 9.78. The van der Waals surface area contributed by atoms with Gasteiger partial charge >= 0.3 is 0 Å². The third kappa shape index (κ3) is 3.25. The van der Waals surface area contributed by atoms with E-state index in [4.69, 9.17) is 9.15 Å². The molecule has 1 aromatic carbocycles. The van der Waals surface area contributed by atoms with Crippen LogP contribution in [0.5, 0.6) is 5.75 Å². The summed E-state index contributed by atoms with van der Waals surface area (Å²) >= 11 is 0. The highest BCUT2D eigenvalue weighted by Gasteiger charge is 2.49. The van der Waals surface area contributed by atoms with Gasteiger partial charge in [0, 0.05) is 31.7 Å². The van der Waals surface area contributed by atoms with Crippen LogP contribution in [-0.2, 0) is 11.3 Å². The number of hydrogen-bond acceptors (Lipinski definition) is 4. The van der Waals surface area contributed by atoms with Crippen LogP contribution >= 0.6 is 0 Å². The maximum Gasteiger partial charge on any atom is 0.289 e. The normalized spacial score (nSPS) is 22.1. The summed E-state index contributed by atoms with van der Waals surface area (Å²) in [6, 6.07) is 7.86. The van der Waals surface area contributed by atoms with E-state index < -0.39 is 5.41 Å². The molecule has 6 nitrogen and oxygen atoms in total. The van der Waals surface area contributed by atoms with E-state index in [-0.39, 0.29) is 29.9 Å². The average molecular weight is 386 g/mol. The van der Waals surface area contributed by atoms with Gasteiger partial charge in [0.1, 0.15) is 11.6 Å². The summed E-state index contributed by atoms with van der Waals surface area (Å²) in [6.45, 7) is 1.69. The van der Waals surface area contributed by atoms with Gasteiger partial charge in [-0.25, -0.2) is 4.39 Å². The molecule has 1 spiro atoms. The largest absolute Gasteiger partial charge is 0.497 e. The number of hydrogen-bond donors (Lipinski definition) is 0. The first kappa shape index (κ1) is 18.5. The molecule has 0 N–H and O–H groups in total. The first-order valence-corrected chi connectivity index (χ1v) is 9.47. The summed E-state index contributed by atoms with van der Waals surface area (Å²) in [4.78, 5) is 29.3. The fourth-order valence-corrected chi connectivity index (χ4v) is 4.29. The zero-order chi connectivity index (χ0) is 19.7. The molecule has 0 unspecified atom stereocenters. The van der Waals surface area contributed by atoms with Crippen molar-refractivity contribution in [2.75, 3.05) is 26.7 Å². The smallest absolute Gasteiger partial charge is 0.289 e. The van der Waals surface area contributed by atoms with Gasteiger partial charge in [-0.3, -0.25) is 9.59 Å². The molecular formula is C21H23FN2O4. The van der Waals surface area contributed by atoms with Gasteiger partial charge in [0.2, 0.25) is 5.91 Å². The third-order valence-corrected chi connectivity index (χ3v) is 5.81. The number of furan rings is 1. The molecule has 2 saturated heterocycles. The Hall–Kier alpha value is -2.83. The highest BCUT2D eigenvalue weighted by molar-refractivity contribution is 5.93. The quantitative estimate of drug-likeness (QED) is 0.810. The third-order valence-electron chi connectivity index (χ3n) is 5.81. The van der Waals surface area contributed by atoms with Gasteiger partial charge in [-0.2, -0.15) is 0 Å². The van der Waals surface area contributed by atoms with E-state index in [0.29, 0.717) is 37.4 Å². The predicted octanol–water partition coefficient (Wildman–Crippen LogP) is 3.08. The molecule has 2 amide bonds. The molecule has 7 heteroatoms. The second-order valence-corrected chi connectivity index (χ2v) is 7.52. The lowest BCUT2D eigenvalue weighted by Crippen LogP contribution is -2.50. The number of piperidine rings is 1. The fourth-order valence-electron chi connectivity index (χ4n) is 4.29. The number of carbonyl (C=O) groups excluding carboxylic acids is 2. The lowest BCUT2D eigenvalue weighted by Gasteiger charge is -2.39. The minimum atomic E-state index is -0.587. The zero-order valence-corrected chi connectivity index (χ0v) is 15.8. The zero-order valence-electron chi connectivity index (χ0n) is 15.8. The minimum Gasteiger partial charge on any atom is -0.497 e. The molecule has 0 saturated carbocycles. The van der Waals surface area contributed by atoms with Crippen molar-refractivity contribution in [3.05, 3.63) is 53.7 Å². The van der Waals surface area contributed by atoms with Crippen LogP contribution in [0.4, 0.5) is 4.39 Å². The van der Waals surface area contributed by atoms with Crippen LogP contribution in [0.2, 0.25) is 0 Å². The highest BCUT2D eigenvalue weighted by Crippen LogP contribution is 2.41. The fraction of sp³-hybridized carbons (Fsp3) is 0.429. The number of carbonyl (C=O) groups is 2. The summed E-state index contributed by atoms with van der Waals surface area (Å²) in [5.41, 5.74) is -0.151. The van der Waals surface area contributed by atoms with E-state index in [0.717, 1.165) is 12.8 Å².